The van der Waals surface area contributed by atoms with E-state index in [1.165, 1.54) is 103 Å². The van der Waals surface area contributed by atoms with Crippen LogP contribution in [-0.2, 0) is 9.53 Å². The van der Waals surface area contributed by atoms with E-state index in [-0.39, 0.29) is 5.97 Å². The summed E-state index contributed by atoms with van der Waals surface area (Å²) >= 11 is 0. The summed E-state index contributed by atoms with van der Waals surface area (Å²) in [6.45, 7) is 8.88. The first-order valence-electron chi connectivity index (χ1n) is 16.9. The van der Waals surface area contributed by atoms with Gasteiger partial charge in [0, 0.05) is 19.0 Å². The molecular weight excluding hydrogens is 472 g/mol. The minimum atomic E-state index is -0.528. The third-order valence-electron chi connectivity index (χ3n) is 9.11. The van der Waals surface area contributed by atoms with Gasteiger partial charge in [-0.25, -0.2) is 0 Å². The van der Waals surface area contributed by atoms with Gasteiger partial charge in [-0.3, -0.25) is 9.69 Å². The quantitative estimate of drug-likeness (QED) is 0.103. The van der Waals surface area contributed by atoms with Crippen molar-refractivity contribution in [2.24, 2.45) is 5.92 Å². The van der Waals surface area contributed by atoms with Crippen molar-refractivity contribution < 1.29 is 14.6 Å². The minimum Gasteiger partial charge on any atom is -0.465 e. The summed E-state index contributed by atoms with van der Waals surface area (Å²) in [5.41, 5.74) is -0.528. The summed E-state index contributed by atoms with van der Waals surface area (Å²) in [4.78, 5) is 15.1. The average molecular weight is 537 g/mol. The maximum Gasteiger partial charge on any atom is 0.305 e. The van der Waals surface area contributed by atoms with Gasteiger partial charge in [0.05, 0.1) is 12.2 Å². The van der Waals surface area contributed by atoms with E-state index in [0.29, 0.717) is 25.0 Å². The van der Waals surface area contributed by atoms with Crippen molar-refractivity contribution in [1.29, 1.82) is 0 Å². The minimum absolute atomic E-state index is 0.00293. The Morgan fingerprint density at radius 1 is 0.868 bits per heavy atom. The number of hydrogen-bond acceptors (Lipinski definition) is 5. The van der Waals surface area contributed by atoms with E-state index >= 15 is 0 Å². The van der Waals surface area contributed by atoms with Crippen LogP contribution in [0.25, 0.3) is 0 Å². The zero-order valence-corrected chi connectivity index (χ0v) is 25.5. The van der Waals surface area contributed by atoms with Crippen molar-refractivity contribution in [3.8, 4) is 0 Å². The second-order valence-corrected chi connectivity index (χ2v) is 12.6. The Morgan fingerprint density at radius 3 is 2.11 bits per heavy atom. The zero-order valence-electron chi connectivity index (χ0n) is 25.5. The predicted molar refractivity (Wildman–Crippen MR) is 161 cm³/mol. The lowest BCUT2D eigenvalue weighted by Crippen LogP contribution is -2.52. The van der Waals surface area contributed by atoms with Gasteiger partial charge in [0.1, 0.15) is 0 Å². The molecule has 224 valence electrons. The Bertz CT molecular complexity index is 573. The number of nitrogens with zero attached hydrogens (tertiary/aromatic N) is 1. The normalized spacial score (nSPS) is 18.7. The fourth-order valence-corrected chi connectivity index (χ4v) is 6.52. The molecule has 0 radical (unpaired) electrons. The van der Waals surface area contributed by atoms with E-state index in [2.05, 4.69) is 24.1 Å². The molecule has 2 aliphatic rings. The number of piperidine rings is 1. The molecule has 1 aliphatic heterocycles. The smallest absolute Gasteiger partial charge is 0.305 e. The lowest BCUT2D eigenvalue weighted by molar-refractivity contribution is -0.145. The molecule has 0 aromatic carbocycles. The van der Waals surface area contributed by atoms with Gasteiger partial charge >= 0.3 is 5.97 Å². The van der Waals surface area contributed by atoms with Crippen LogP contribution in [0.1, 0.15) is 155 Å². The summed E-state index contributed by atoms with van der Waals surface area (Å²) in [6, 6.07) is 0.639. The number of esters is 1. The molecule has 0 amide bonds. The molecule has 0 aromatic rings. The lowest BCUT2D eigenvalue weighted by atomic mass is 9.91. The van der Waals surface area contributed by atoms with Crippen molar-refractivity contribution in [2.45, 2.75) is 167 Å². The van der Waals surface area contributed by atoms with Crippen molar-refractivity contribution in [3.05, 3.63) is 0 Å². The lowest BCUT2D eigenvalue weighted by Gasteiger charge is -2.40. The van der Waals surface area contributed by atoms with Crippen LogP contribution in [0.2, 0.25) is 0 Å². The van der Waals surface area contributed by atoms with E-state index in [9.17, 15) is 9.90 Å². The molecule has 0 aromatic heterocycles. The van der Waals surface area contributed by atoms with Crippen LogP contribution < -0.4 is 5.32 Å². The first-order chi connectivity index (χ1) is 18.6. The number of hydrogen-bond donors (Lipinski definition) is 2. The van der Waals surface area contributed by atoms with Crippen LogP contribution in [0.3, 0.4) is 0 Å². The molecule has 5 heteroatoms. The van der Waals surface area contributed by atoms with Crippen molar-refractivity contribution in [3.63, 3.8) is 0 Å². The van der Waals surface area contributed by atoms with Gasteiger partial charge in [-0.2, -0.15) is 0 Å². The summed E-state index contributed by atoms with van der Waals surface area (Å²) in [5.74, 6) is 0.547. The summed E-state index contributed by atoms with van der Waals surface area (Å²) in [5, 5.41) is 14.5. The number of unbranched alkanes of at least 4 members (excludes halogenated alkanes) is 10. The molecule has 2 fully saturated rings. The predicted octanol–water partition coefficient (Wildman–Crippen LogP) is 7.79. The molecule has 1 saturated carbocycles. The Kier molecular flexibility index (Phi) is 18.7. The number of aliphatic hydroxyl groups is 1. The zero-order chi connectivity index (χ0) is 27.3. The van der Waals surface area contributed by atoms with Crippen LogP contribution >= 0.6 is 0 Å². The molecule has 1 saturated heterocycles. The SMILES string of the molecule is CCCCCCCCC(CCCCCC)COC(=O)CCCCCN(CC1(O)CCNCC1)C1CCCC1. The standard InChI is InChI=1S/C33H64N2O3/c1-3-5-7-9-10-13-19-30(18-12-8-6-4-2)28-38-32(36)22-14-11-17-27-35(31-20-15-16-21-31)29-33(37)23-25-34-26-24-33/h30-31,34,37H,3-29H2,1-2H3. The number of carbonyl (C=O) groups excluding carboxylic acids is 1. The third kappa shape index (κ3) is 15.2. The van der Waals surface area contributed by atoms with Crippen LogP contribution in [-0.4, -0.2) is 60.4 Å². The topological polar surface area (TPSA) is 61.8 Å². The highest BCUT2D eigenvalue weighted by molar-refractivity contribution is 5.69. The first-order valence-corrected chi connectivity index (χ1v) is 16.9. The van der Waals surface area contributed by atoms with E-state index in [4.69, 9.17) is 4.74 Å². The largest absolute Gasteiger partial charge is 0.465 e. The molecule has 1 atom stereocenters. The van der Waals surface area contributed by atoms with Gasteiger partial charge in [0.25, 0.3) is 0 Å². The Hall–Kier alpha value is -0.650. The molecule has 38 heavy (non-hydrogen) atoms. The van der Waals surface area contributed by atoms with Crippen molar-refractivity contribution >= 4 is 5.97 Å². The van der Waals surface area contributed by atoms with Crippen LogP contribution in [0, 0.1) is 5.92 Å². The second-order valence-electron chi connectivity index (χ2n) is 12.6. The molecular formula is C33H64N2O3. The maximum absolute atomic E-state index is 12.5. The molecule has 5 nitrogen and oxygen atoms in total. The van der Waals surface area contributed by atoms with Gasteiger partial charge in [-0.15, -0.1) is 0 Å². The van der Waals surface area contributed by atoms with Crippen LogP contribution in [0.15, 0.2) is 0 Å². The molecule has 2 rings (SSSR count). The summed E-state index contributed by atoms with van der Waals surface area (Å²) in [6.07, 6.45) is 26.2. The van der Waals surface area contributed by atoms with E-state index in [1.54, 1.807) is 0 Å². The number of carbonyl (C=O) groups is 1. The monoisotopic (exact) mass is 536 g/mol. The average Bonchev–Trinajstić information content (AvgIpc) is 3.46. The molecule has 1 heterocycles. The Morgan fingerprint density at radius 2 is 1.45 bits per heavy atom. The summed E-state index contributed by atoms with van der Waals surface area (Å²) in [7, 11) is 0. The fraction of sp³-hybridized carbons (Fsp3) is 0.970. The number of ether oxygens (including phenoxy) is 1. The molecule has 2 N–H and O–H groups in total. The molecule has 0 bridgehead atoms. The highest BCUT2D eigenvalue weighted by Gasteiger charge is 2.34. The number of rotatable bonds is 23. The molecule has 1 unspecified atom stereocenters. The van der Waals surface area contributed by atoms with E-state index < -0.39 is 5.60 Å². The molecule has 1 aliphatic carbocycles. The van der Waals surface area contributed by atoms with Gasteiger partial charge in [0.15, 0.2) is 0 Å². The first kappa shape index (κ1) is 33.6. The number of nitrogens with one attached hydrogen (secondary N) is 1. The Labute approximate surface area is 236 Å². The van der Waals surface area contributed by atoms with E-state index in [0.717, 1.165) is 58.3 Å². The maximum atomic E-state index is 12.5. The van der Waals surface area contributed by atoms with Crippen LogP contribution in [0.4, 0.5) is 0 Å². The Balaban J connectivity index is 1.63. The molecule has 0 spiro atoms. The van der Waals surface area contributed by atoms with Gasteiger partial charge in [-0.1, -0.05) is 97.3 Å². The van der Waals surface area contributed by atoms with Crippen molar-refractivity contribution in [2.75, 3.05) is 32.8 Å². The fourth-order valence-electron chi connectivity index (χ4n) is 6.52. The van der Waals surface area contributed by atoms with Crippen molar-refractivity contribution in [1.82, 2.24) is 10.2 Å². The highest BCUT2D eigenvalue weighted by Crippen LogP contribution is 2.28. The third-order valence-corrected chi connectivity index (χ3v) is 9.11. The highest BCUT2D eigenvalue weighted by atomic mass is 16.5. The van der Waals surface area contributed by atoms with Gasteiger partial charge in [0.2, 0.25) is 0 Å². The second kappa shape index (κ2) is 21.1. The van der Waals surface area contributed by atoms with Crippen LogP contribution in [0.5, 0.6) is 0 Å². The van der Waals surface area contributed by atoms with Gasteiger partial charge in [-0.05, 0) is 76.9 Å². The van der Waals surface area contributed by atoms with Gasteiger partial charge < -0.3 is 15.2 Å². The van der Waals surface area contributed by atoms with E-state index in [1.807, 2.05) is 0 Å². The summed E-state index contributed by atoms with van der Waals surface area (Å²) < 4.78 is 5.79.